The summed E-state index contributed by atoms with van der Waals surface area (Å²) in [7, 11) is 8.59. The monoisotopic (exact) mass is 519 g/mol. The lowest BCUT2D eigenvalue weighted by Crippen LogP contribution is -2.49. The van der Waals surface area contributed by atoms with Crippen molar-refractivity contribution in [3.05, 3.63) is 25.3 Å². The molecule has 0 aromatic heterocycles. The molecule has 0 aliphatic rings. The summed E-state index contributed by atoms with van der Waals surface area (Å²) in [6, 6.07) is -0.848. The van der Waals surface area contributed by atoms with Gasteiger partial charge in [0.05, 0.1) is 6.42 Å². The zero-order valence-electron chi connectivity index (χ0n) is 20.4. The molecule has 0 radical (unpaired) electrons. The van der Waals surface area contributed by atoms with Crippen molar-refractivity contribution >= 4 is 57.2 Å². The molecule has 190 valence electrons. The van der Waals surface area contributed by atoms with E-state index in [4.69, 9.17) is 0 Å². The average molecular weight is 520 g/mol. The van der Waals surface area contributed by atoms with Gasteiger partial charge in [0.2, 0.25) is 17.7 Å². The van der Waals surface area contributed by atoms with Crippen molar-refractivity contribution in [1.82, 2.24) is 20.3 Å². The van der Waals surface area contributed by atoms with Gasteiger partial charge in [0, 0.05) is 32.8 Å². The Labute approximate surface area is 213 Å². The summed E-state index contributed by atoms with van der Waals surface area (Å²) in [6.45, 7) is 9.22. The molecular weight excluding hydrogens is 478 g/mol. The van der Waals surface area contributed by atoms with E-state index in [9.17, 15) is 14.4 Å². The Kier molecular flexibility index (Phi) is 24.3. The first-order chi connectivity index (χ1) is 15.9. The smallest absolute Gasteiger partial charge is 0.243 e. The van der Waals surface area contributed by atoms with Gasteiger partial charge in [-0.3, -0.25) is 19.4 Å². The van der Waals surface area contributed by atoms with Crippen molar-refractivity contribution in [3.8, 4) is 0 Å². The van der Waals surface area contributed by atoms with E-state index in [1.807, 2.05) is 26.1 Å². The first kappa shape index (κ1) is 33.7. The summed E-state index contributed by atoms with van der Waals surface area (Å²) in [5.41, 5.74) is 0. The molecule has 3 N–H and O–H groups in total. The molecular formula is C22H41N5O3S3. The van der Waals surface area contributed by atoms with Gasteiger partial charge < -0.3 is 20.3 Å². The number of nitrogens with zero attached hydrogens (tertiary/aromatic N) is 2. The highest BCUT2D eigenvalue weighted by Crippen LogP contribution is 2.25. The molecule has 0 heterocycles. The quantitative estimate of drug-likeness (QED) is 0.0624. The SMILES string of the molecule is C/C=C\C(=NC)SSCCCCCC(=O)N(C)[C@@H](CC(=O)NS)C(=O)NCCCNC.C=C. The van der Waals surface area contributed by atoms with Gasteiger partial charge in [0.1, 0.15) is 11.1 Å². The van der Waals surface area contributed by atoms with E-state index in [0.29, 0.717) is 13.0 Å². The molecule has 11 heteroatoms. The zero-order chi connectivity index (χ0) is 25.5. The fraction of sp³-hybridized carbons (Fsp3) is 0.636. The first-order valence-corrected chi connectivity index (χ1v) is 13.7. The van der Waals surface area contributed by atoms with Crippen molar-refractivity contribution in [2.24, 2.45) is 4.99 Å². The third kappa shape index (κ3) is 17.7. The van der Waals surface area contributed by atoms with E-state index < -0.39 is 11.9 Å². The number of unbranched alkanes of at least 4 members (excludes halogenated alkanes) is 2. The maximum Gasteiger partial charge on any atom is 0.243 e. The number of carbonyl (C=O) groups excluding carboxylic acids is 3. The Bertz CT molecular complexity index is 618. The van der Waals surface area contributed by atoms with Crippen LogP contribution in [0.25, 0.3) is 0 Å². The second-order valence-corrected chi connectivity index (χ2v) is 9.45. The van der Waals surface area contributed by atoms with Crippen LogP contribution in [0.2, 0.25) is 0 Å². The second-order valence-electron chi connectivity index (χ2n) is 6.79. The predicted octanol–water partition coefficient (Wildman–Crippen LogP) is 3.24. The number of hydrogen-bond acceptors (Lipinski definition) is 8. The number of nitrogens with one attached hydrogen (secondary N) is 3. The number of amides is 3. The van der Waals surface area contributed by atoms with Crippen LogP contribution in [-0.2, 0) is 14.4 Å². The third-order valence-electron chi connectivity index (χ3n) is 4.36. The number of thiol groups is 1. The van der Waals surface area contributed by atoms with Gasteiger partial charge in [-0.25, -0.2) is 0 Å². The number of allylic oxidation sites excluding steroid dienone is 1. The standard InChI is InChI=1S/C20H37N5O3S3.C2H4/c1-5-10-18(22-3)31-30-14-8-6-7-11-19(27)25(4)16(15-17(26)24-29)20(28)23-13-9-12-21-2;1-2/h5,10,16,21,29H,6-9,11-15H2,1-4H3,(H,23,28)(H,24,26);1-2H2/b10-5-,22-18?;/t16-;/m0./s1. The Hall–Kier alpha value is -1.43. The lowest BCUT2D eigenvalue weighted by atomic mass is 10.1. The van der Waals surface area contributed by atoms with Crippen LogP contribution >= 0.6 is 34.4 Å². The Balaban J connectivity index is 0. The Morgan fingerprint density at radius 1 is 1.15 bits per heavy atom. The van der Waals surface area contributed by atoms with Crippen LogP contribution in [0.15, 0.2) is 30.3 Å². The van der Waals surface area contributed by atoms with Gasteiger partial charge in [-0.1, -0.05) is 36.1 Å². The van der Waals surface area contributed by atoms with Crippen molar-refractivity contribution < 1.29 is 14.4 Å². The van der Waals surface area contributed by atoms with Crippen molar-refractivity contribution in [2.45, 2.75) is 51.5 Å². The molecule has 33 heavy (non-hydrogen) atoms. The lowest BCUT2D eigenvalue weighted by Gasteiger charge is -2.27. The average Bonchev–Trinajstić information content (AvgIpc) is 2.84. The highest BCUT2D eigenvalue weighted by atomic mass is 33.1. The van der Waals surface area contributed by atoms with Crippen LogP contribution in [0.3, 0.4) is 0 Å². The molecule has 0 aromatic rings. The van der Waals surface area contributed by atoms with E-state index in [0.717, 1.165) is 43.0 Å². The molecule has 0 saturated carbocycles. The van der Waals surface area contributed by atoms with Gasteiger partial charge in [0.25, 0.3) is 0 Å². The van der Waals surface area contributed by atoms with Crippen molar-refractivity contribution in [1.29, 1.82) is 0 Å². The largest absolute Gasteiger partial charge is 0.354 e. The third-order valence-corrected chi connectivity index (χ3v) is 7.04. The van der Waals surface area contributed by atoms with Crippen LogP contribution in [0.4, 0.5) is 0 Å². The molecule has 0 spiro atoms. The molecule has 3 amide bonds. The predicted molar refractivity (Wildman–Crippen MR) is 148 cm³/mol. The van der Waals surface area contributed by atoms with E-state index in [-0.39, 0.29) is 18.2 Å². The van der Waals surface area contributed by atoms with Crippen LogP contribution in [0, 0.1) is 0 Å². The number of hydrogen-bond donors (Lipinski definition) is 4. The maximum absolute atomic E-state index is 12.6. The fourth-order valence-corrected chi connectivity index (χ4v) is 4.81. The summed E-state index contributed by atoms with van der Waals surface area (Å²) < 4.78 is 2.22. The highest BCUT2D eigenvalue weighted by molar-refractivity contribution is 8.82. The van der Waals surface area contributed by atoms with Crippen molar-refractivity contribution in [2.75, 3.05) is 40.0 Å². The summed E-state index contributed by atoms with van der Waals surface area (Å²) in [6.07, 6.45) is 7.61. The Morgan fingerprint density at radius 3 is 2.42 bits per heavy atom. The van der Waals surface area contributed by atoms with E-state index in [2.05, 4.69) is 46.3 Å². The fourth-order valence-electron chi connectivity index (χ4n) is 2.57. The molecule has 0 unspecified atom stereocenters. The van der Waals surface area contributed by atoms with E-state index >= 15 is 0 Å². The topological polar surface area (TPSA) is 103 Å². The number of aliphatic imine (C=N–C) groups is 1. The number of likely N-dealkylation sites (N-methyl/N-ethyl adjacent to an activating group) is 1. The van der Waals surface area contributed by atoms with Gasteiger partial charge in [-0.15, -0.1) is 13.2 Å². The van der Waals surface area contributed by atoms with E-state index in [1.165, 1.54) is 4.90 Å². The molecule has 0 aliphatic heterocycles. The summed E-state index contributed by atoms with van der Waals surface area (Å²) in [5.74, 6) is 0.107. The summed E-state index contributed by atoms with van der Waals surface area (Å²) in [5, 5.41) is 6.80. The minimum absolute atomic E-state index is 0.120. The van der Waals surface area contributed by atoms with Crippen LogP contribution in [-0.4, -0.2) is 73.7 Å². The van der Waals surface area contributed by atoms with Gasteiger partial charge in [0.15, 0.2) is 0 Å². The zero-order valence-corrected chi connectivity index (χ0v) is 22.9. The molecule has 0 rings (SSSR count). The van der Waals surface area contributed by atoms with Crippen LogP contribution < -0.4 is 15.4 Å². The summed E-state index contributed by atoms with van der Waals surface area (Å²) >= 11 is 3.75. The van der Waals surface area contributed by atoms with Gasteiger partial charge in [-0.05, 0) is 56.6 Å². The minimum Gasteiger partial charge on any atom is -0.354 e. The molecule has 0 aromatic carbocycles. The molecule has 0 saturated heterocycles. The molecule has 1 atom stereocenters. The summed E-state index contributed by atoms with van der Waals surface area (Å²) in [4.78, 5) is 42.4. The van der Waals surface area contributed by atoms with Gasteiger partial charge >= 0.3 is 0 Å². The normalized spacial score (nSPS) is 12.0. The van der Waals surface area contributed by atoms with Crippen LogP contribution in [0.1, 0.15) is 45.4 Å². The lowest BCUT2D eigenvalue weighted by molar-refractivity contribution is -0.140. The minimum atomic E-state index is -0.848. The Morgan fingerprint density at radius 2 is 1.85 bits per heavy atom. The number of carbonyl (C=O) groups is 3. The molecule has 0 fully saturated rings. The van der Waals surface area contributed by atoms with E-state index in [1.54, 1.807) is 35.7 Å². The molecule has 0 bridgehead atoms. The highest BCUT2D eigenvalue weighted by Gasteiger charge is 2.28. The van der Waals surface area contributed by atoms with Gasteiger partial charge in [-0.2, -0.15) is 0 Å². The maximum atomic E-state index is 12.6. The second kappa shape index (κ2) is 23.7. The molecule has 8 nitrogen and oxygen atoms in total. The first-order valence-electron chi connectivity index (χ1n) is 10.9. The molecule has 0 aliphatic carbocycles. The van der Waals surface area contributed by atoms with Crippen LogP contribution in [0.5, 0.6) is 0 Å². The number of rotatable bonds is 16. The van der Waals surface area contributed by atoms with Crippen molar-refractivity contribution in [3.63, 3.8) is 0 Å².